The summed E-state index contributed by atoms with van der Waals surface area (Å²) in [6.07, 6.45) is 0. The van der Waals surface area contributed by atoms with Crippen LogP contribution in [0, 0.1) is 5.92 Å². The highest BCUT2D eigenvalue weighted by Crippen LogP contribution is 2.23. The maximum Gasteiger partial charge on any atom is 0.120 e. The van der Waals surface area contributed by atoms with Crippen LogP contribution < -0.4 is 10.5 Å². The van der Waals surface area contributed by atoms with E-state index in [0.717, 1.165) is 15.8 Å². The van der Waals surface area contributed by atoms with Gasteiger partial charge in [-0.25, -0.2) is 0 Å². The van der Waals surface area contributed by atoms with Gasteiger partial charge in [-0.1, -0.05) is 26.1 Å². The molecule has 0 aliphatic heterocycles. The SMILES string of the molecule is CC(C)COc1ccc(C(N)=S)c(Br)c1. The van der Waals surface area contributed by atoms with Crippen molar-refractivity contribution in [3.05, 3.63) is 28.2 Å². The molecule has 15 heavy (non-hydrogen) atoms. The third-order valence-corrected chi connectivity index (χ3v) is 2.67. The normalized spacial score (nSPS) is 10.4. The van der Waals surface area contributed by atoms with Crippen molar-refractivity contribution in [2.24, 2.45) is 11.7 Å². The molecule has 82 valence electrons. The number of benzene rings is 1. The summed E-state index contributed by atoms with van der Waals surface area (Å²) in [5.41, 5.74) is 6.38. The number of hydrogen-bond acceptors (Lipinski definition) is 2. The van der Waals surface area contributed by atoms with Crippen LogP contribution in [-0.4, -0.2) is 11.6 Å². The molecule has 0 aliphatic rings. The van der Waals surface area contributed by atoms with Gasteiger partial charge in [0.05, 0.1) is 6.61 Å². The lowest BCUT2D eigenvalue weighted by atomic mass is 10.2. The quantitative estimate of drug-likeness (QED) is 0.865. The molecule has 0 unspecified atom stereocenters. The number of rotatable bonds is 4. The molecular formula is C11H14BrNOS. The molecule has 0 aliphatic carbocycles. The zero-order chi connectivity index (χ0) is 11.4. The third-order valence-electron chi connectivity index (χ3n) is 1.79. The van der Waals surface area contributed by atoms with Gasteiger partial charge in [0.1, 0.15) is 10.7 Å². The van der Waals surface area contributed by atoms with Crippen molar-refractivity contribution >= 4 is 33.1 Å². The molecule has 2 N–H and O–H groups in total. The highest BCUT2D eigenvalue weighted by molar-refractivity contribution is 9.10. The molecular weight excluding hydrogens is 274 g/mol. The van der Waals surface area contributed by atoms with Crippen LogP contribution in [0.4, 0.5) is 0 Å². The van der Waals surface area contributed by atoms with Crippen molar-refractivity contribution in [1.29, 1.82) is 0 Å². The fourth-order valence-electron chi connectivity index (χ4n) is 1.05. The number of ether oxygens (including phenoxy) is 1. The van der Waals surface area contributed by atoms with Crippen LogP contribution >= 0.6 is 28.1 Å². The first-order valence-electron chi connectivity index (χ1n) is 4.73. The summed E-state index contributed by atoms with van der Waals surface area (Å²) in [7, 11) is 0. The molecule has 0 fully saturated rings. The first kappa shape index (κ1) is 12.5. The fraction of sp³-hybridized carbons (Fsp3) is 0.364. The number of hydrogen-bond donors (Lipinski definition) is 1. The molecule has 0 saturated heterocycles. The van der Waals surface area contributed by atoms with Crippen molar-refractivity contribution in [2.75, 3.05) is 6.61 Å². The molecule has 1 aromatic carbocycles. The Kier molecular flexibility index (Phi) is 4.54. The molecule has 1 rings (SSSR count). The van der Waals surface area contributed by atoms with E-state index in [0.29, 0.717) is 17.5 Å². The molecule has 0 bridgehead atoms. The zero-order valence-corrected chi connectivity index (χ0v) is 11.2. The lowest BCUT2D eigenvalue weighted by Gasteiger charge is -2.10. The second kappa shape index (κ2) is 5.47. The first-order valence-corrected chi connectivity index (χ1v) is 5.93. The van der Waals surface area contributed by atoms with Gasteiger partial charge >= 0.3 is 0 Å². The first-order chi connectivity index (χ1) is 7.00. The molecule has 2 nitrogen and oxygen atoms in total. The Labute approximate surface area is 104 Å². The summed E-state index contributed by atoms with van der Waals surface area (Å²) in [4.78, 5) is 0.386. The number of nitrogens with two attached hydrogens (primary N) is 1. The Morgan fingerprint density at radius 2 is 2.20 bits per heavy atom. The van der Waals surface area contributed by atoms with Crippen molar-refractivity contribution in [1.82, 2.24) is 0 Å². The summed E-state index contributed by atoms with van der Waals surface area (Å²) in [6, 6.07) is 5.63. The predicted molar refractivity (Wildman–Crippen MR) is 70.4 cm³/mol. The van der Waals surface area contributed by atoms with Gasteiger partial charge in [0.2, 0.25) is 0 Å². The van der Waals surface area contributed by atoms with Crippen molar-refractivity contribution in [3.8, 4) is 5.75 Å². The van der Waals surface area contributed by atoms with E-state index in [2.05, 4.69) is 29.8 Å². The Balaban J connectivity index is 2.78. The molecule has 0 radical (unpaired) electrons. The number of halogens is 1. The van der Waals surface area contributed by atoms with E-state index in [4.69, 9.17) is 22.7 Å². The minimum Gasteiger partial charge on any atom is -0.493 e. The van der Waals surface area contributed by atoms with Crippen LogP contribution in [0.1, 0.15) is 19.4 Å². The van der Waals surface area contributed by atoms with Gasteiger partial charge < -0.3 is 10.5 Å². The van der Waals surface area contributed by atoms with Crippen LogP contribution in [-0.2, 0) is 0 Å². The van der Waals surface area contributed by atoms with Gasteiger partial charge in [-0.3, -0.25) is 0 Å². The monoisotopic (exact) mass is 287 g/mol. The molecule has 4 heteroatoms. The average molecular weight is 288 g/mol. The van der Waals surface area contributed by atoms with Crippen molar-refractivity contribution in [3.63, 3.8) is 0 Å². The van der Waals surface area contributed by atoms with Gasteiger partial charge in [0.15, 0.2) is 0 Å². The van der Waals surface area contributed by atoms with E-state index in [1.165, 1.54) is 0 Å². The summed E-state index contributed by atoms with van der Waals surface area (Å²) in [5, 5.41) is 0. The lowest BCUT2D eigenvalue weighted by molar-refractivity contribution is 0.271. The minimum absolute atomic E-state index is 0.386. The maximum absolute atomic E-state index is 5.57. The van der Waals surface area contributed by atoms with Crippen LogP contribution in [0.5, 0.6) is 5.75 Å². The Hall–Kier alpha value is -0.610. The van der Waals surface area contributed by atoms with Crippen LogP contribution in [0.2, 0.25) is 0 Å². The molecule has 0 amide bonds. The second-order valence-corrected chi connectivity index (χ2v) is 5.00. The van der Waals surface area contributed by atoms with Crippen LogP contribution in [0.15, 0.2) is 22.7 Å². The second-order valence-electron chi connectivity index (χ2n) is 3.71. The average Bonchev–Trinajstić information content (AvgIpc) is 2.14. The van der Waals surface area contributed by atoms with Crippen molar-refractivity contribution in [2.45, 2.75) is 13.8 Å². The zero-order valence-electron chi connectivity index (χ0n) is 8.79. The molecule has 0 spiro atoms. The summed E-state index contributed by atoms with van der Waals surface area (Å²) in [6.45, 7) is 4.93. The van der Waals surface area contributed by atoms with Crippen molar-refractivity contribution < 1.29 is 4.74 Å². The molecule has 0 heterocycles. The van der Waals surface area contributed by atoms with Crippen LogP contribution in [0.25, 0.3) is 0 Å². The van der Waals surface area contributed by atoms with Gasteiger partial charge in [-0.2, -0.15) is 0 Å². The van der Waals surface area contributed by atoms with Gasteiger partial charge in [-0.15, -0.1) is 0 Å². The van der Waals surface area contributed by atoms with Gasteiger partial charge in [0.25, 0.3) is 0 Å². The lowest BCUT2D eigenvalue weighted by Crippen LogP contribution is -2.10. The minimum atomic E-state index is 0.386. The summed E-state index contributed by atoms with van der Waals surface area (Å²) < 4.78 is 6.44. The van der Waals surface area contributed by atoms with E-state index >= 15 is 0 Å². The smallest absolute Gasteiger partial charge is 0.120 e. The van der Waals surface area contributed by atoms with E-state index in [1.807, 2.05) is 18.2 Å². The van der Waals surface area contributed by atoms with E-state index in [-0.39, 0.29) is 0 Å². The topological polar surface area (TPSA) is 35.2 Å². The van der Waals surface area contributed by atoms with Gasteiger partial charge in [-0.05, 0) is 40.0 Å². The number of thiocarbonyl (C=S) groups is 1. The van der Waals surface area contributed by atoms with E-state index < -0.39 is 0 Å². The van der Waals surface area contributed by atoms with Gasteiger partial charge in [0, 0.05) is 10.0 Å². The highest BCUT2D eigenvalue weighted by Gasteiger charge is 2.04. The molecule has 0 saturated carbocycles. The third kappa shape index (κ3) is 3.80. The Morgan fingerprint density at radius 3 is 2.67 bits per heavy atom. The largest absolute Gasteiger partial charge is 0.493 e. The highest BCUT2D eigenvalue weighted by atomic mass is 79.9. The molecule has 0 atom stereocenters. The van der Waals surface area contributed by atoms with E-state index in [9.17, 15) is 0 Å². The molecule has 1 aromatic rings. The molecule has 0 aromatic heterocycles. The maximum atomic E-state index is 5.57. The standard InChI is InChI=1S/C11H14BrNOS/c1-7(2)6-14-8-3-4-9(11(13)15)10(12)5-8/h3-5,7H,6H2,1-2H3,(H2,13,15). The predicted octanol–water partition coefficient (Wildman–Crippen LogP) is 3.12. The van der Waals surface area contributed by atoms with Crippen LogP contribution in [0.3, 0.4) is 0 Å². The van der Waals surface area contributed by atoms with E-state index in [1.54, 1.807) is 0 Å². The Bertz CT molecular complexity index is 366. The summed E-state index contributed by atoms with van der Waals surface area (Å²) >= 11 is 8.31. The summed E-state index contributed by atoms with van der Waals surface area (Å²) in [5.74, 6) is 1.34. The fourth-order valence-corrected chi connectivity index (χ4v) is 1.93. The Morgan fingerprint density at radius 1 is 1.53 bits per heavy atom.